The molecule has 0 saturated carbocycles. The lowest BCUT2D eigenvalue weighted by Gasteiger charge is -2.09. The van der Waals surface area contributed by atoms with Gasteiger partial charge in [-0.3, -0.25) is 0 Å². The lowest BCUT2D eigenvalue weighted by atomic mass is 10.1. The summed E-state index contributed by atoms with van der Waals surface area (Å²) >= 11 is 5.19. The maximum atomic E-state index is 5.60. The molecule has 2 aromatic carbocycles. The van der Waals surface area contributed by atoms with Gasteiger partial charge in [-0.05, 0) is 54.9 Å². The highest BCUT2D eigenvalue weighted by Crippen LogP contribution is 2.15. The van der Waals surface area contributed by atoms with E-state index in [2.05, 4.69) is 24.4 Å². The fourth-order valence-electron chi connectivity index (χ4n) is 1.88. The van der Waals surface area contributed by atoms with Crippen molar-refractivity contribution in [2.45, 2.75) is 26.2 Å². The summed E-state index contributed by atoms with van der Waals surface area (Å²) in [5.74, 6) is 0.763. The molecule has 0 aliphatic rings. The average molecular weight is 285 g/mol. The van der Waals surface area contributed by atoms with Gasteiger partial charge in [-0.2, -0.15) is 0 Å². The molecule has 0 saturated heterocycles. The first-order valence-electron chi connectivity index (χ1n) is 6.91. The van der Waals surface area contributed by atoms with Crippen LogP contribution in [0.2, 0.25) is 0 Å². The molecule has 0 atom stereocenters. The molecule has 0 aliphatic carbocycles. The molecular weight excluding hydrogens is 266 g/mol. The first-order chi connectivity index (χ1) is 9.78. The number of hydrogen-bond donors (Lipinski definition) is 1. The van der Waals surface area contributed by atoms with Crippen molar-refractivity contribution in [3.63, 3.8) is 0 Å². The van der Waals surface area contributed by atoms with Crippen molar-refractivity contribution >= 4 is 23.1 Å². The molecule has 2 aromatic rings. The van der Waals surface area contributed by atoms with Gasteiger partial charge in [0.05, 0.1) is 0 Å². The summed E-state index contributed by atoms with van der Waals surface area (Å²) in [6.45, 7) is 2.20. The van der Waals surface area contributed by atoms with E-state index in [1.807, 2.05) is 42.5 Å². The minimum Gasteiger partial charge on any atom is -0.432 e. The zero-order chi connectivity index (χ0) is 14.2. The van der Waals surface area contributed by atoms with Crippen LogP contribution in [0.15, 0.2) is 54.6 Å². The Morgan fingerprint density at radius 3 is 2.40 bits per heavy atom. The van der Waals surface area contributed by atoms with E-state index in [1.165, 1.54) is 18.4 Å². The number of rotatable bonds is 5. The van der Waals surface area contributed by atoms with E-state index in [9.17, 15) is 0 Å². The first-order valence-corrected chi connectivity index (χ1v) is 7.31. The second-order valence-corrected chi connectivity index (χ2v) is 5.00. The monoisotopic (exact) mass is 285 g/mol. The zero-order valence-corrected chi connectivity index (χ0v) is 12.5. The van der Waals surface area contributed by atoms with Crippen LogP contribution < -0.4 is 10.1 Å². The van der Waals surface area contributed by atoms with Crippen molar-refractivity contribution in [2.24, 2.45) is 0 Å². The fourth-order valence-corrected chi connectivity index (χ4v) is 2.09. The SMILES string of the molecule is CCCCc1ccc(OC(=S)Nc2ccccc2)cc1. The van der Waals surface area contributed by atoms with Gasteiger partial charge in [0.1, 0.15) is 5.75 Å². The molecule has 0 heterocycles. The van der Waals surface area contributed by atoms with Gasteiger partial charge >= 0.3 is 0 Å². The molecule has 20 heavy (non-hydrogen) atoms. The number of hydrogen-bond acceptors (Lipinski definition) is 2. The topological polar surface area (TPSA) is 21.3 Å². The molecule has 0 aromatic heterocycles. The third-order valence-corrected chi connectivity index (χ3v) is 3.16. The Morgan fingerprint density at radius 2 is 1.75 bits per heavy atom. The van der Waals surface area contributed by atoms with E-state index in [-0.39, 0.29) is 0 Å². The summed E-state index contributed by atoms with van der Waals surface area (Å²) in [4.78, 5) is 0. The molecule has 0 bridgehead atoms. The number of para-hydroxylation sites is 1. The third kappa shape index (κ3) is 4.67. The normalized spacial score (nSPS) is 10.1. The van der Waals surface area contributed by atoms with E-state index in [0.29, 0.717) is 5.17 Å². The summed E-state index contributed by atoms with van der Waals surface area (Å²) in [6.07, 6.45) is 3.54. The number of anilines is 1. The second kappa shape index (κ2) is 7.65. The second-order valence-electron chi connectivity index (χ2n) is 4.63. The molecule has 3 heteroatoms. The number of ether oxygens (including phenoxy) is 1. The van der Waals surface area contributed by atoms with Gasteiger partial charge in [0.25, 0.3) is 5.17 Å². The van der Waals surface area contributed by atoms with Crippen LogP contribution in [-0.4, -0.2) is 5.17 Å². The number of aryl methyl sites for hydroxylation is 1. The van der Waals surface area contributed by atoms with Crippen molar-refractivity contribution < 1.29 is 4.74 Å². The van der Waals surface area contributed by atoms with Crippen LogP contribution >= 0.6 is 12.2 Å². The highest BCUT2D eigenvalue weighted by atomic mass is 32.1. The standard InChI is InChI=1S/C17H19NOS/c1-2-3-7-14-10-12-16(13-11-14)19-17(20)18-15-8-5-4-6-9-15/h4-6,8-13H,2-3,7H2,1H3,(H,18,20). The van der Waals surface area contributed by atoms with Crippen LogP contribution in [-0.2, 0) is 6.42 Å². The predicted molar refractivity (Wildman–Crippen MR) is 88.3 cm³/mol. The van der Waals surface area contributed by atoms with Gasteiger partial charge in [-0.15, -0.1) is 0 Å². The lowest BCUT2D eigenvalue weighted by molar-refractivity contribution is 0.563. The Balaban J connectivity index is 1.88. The zero-order valence-electron chi connectivity index (χ0n) is 11.6. The Hall–Kier alpha value is -1.87. The average Bonchev–Trinajstić information content (AvgIpc) is 2.47. The van der Waals surface area contributed by atoms with Gasteiger partial charge < -0.3 is 10.1 Å². The first kappa shape index (κ1) is 14.5. The Kier molecular flexibility index (Phi) is 5.56. The van der Waals surface area contributed by atoms with Crippen molar-refractivity contribution in [1.29, 1.82) is 0 Å². The molecule has 0 unspecified atom stereocenters. The molecular formula is C17H19NOS. The van der Waals surface area contributed by atoms with Crippen molar-refractivity contribution in [1.82, 2.24) is 0 Å². The van der Waals surface area contributed by atoms with Crippen LogP contribution in [0.4, 0.5) is 5.69 Å². The van der Waals surface area contributed by atoms with E-state index in [1.54, 1.807) is 0 Å². The van der Waals surface area contributed by atoms with Gasteiger partial charge in [-0.25, -0.2) is 0 Å². The van der Waals surface area contributed by atoms with Crippen LogP contribution in [0.25, 0.3) is 0 Å². The smallest absolute Gasteiger partial charge is 0.266 e. The van der Waals surface area contributed by atoms with Crippen LogP contribution in [0.3, 0.4) is 0 Å². The highest BCUT2D eigenvalue weighted by molar-refractivity contribution is 7.80. The molecule has 0 fully saturated rings. The van der Waals surface area contributed by atoms with E-state index in [4.69, 9.17) is 17.0 Å². The van der Waals surface area contributed by atoms with Crippen LogP contribution in [0.5, 0.6) is 5.75 Å². The minimum absolute atomic E-state index is 0.359. The number of nitrogens with one attached hydrogen (secondary N) is 1. The molecule has 0 amide bonds. The minimum atomic E-state index is 0.359. The highest BCUT2D eigenvalue weighted by Gasteiger charge is 2.01. The predicted octanol–water partition coefficient (Wildman–Crippen LogP) is 4.81. The van der Waals surface area contributed by atoms with E-state index >= 15 is 0 Å². The van der Waals surface area contributed by atoms with Gasteiger partial charge in [-0.1, -0.05) is 43.7 Å². The van der Waals surface area contributed by atoms with Crippen LogP contribution in [0.1, 0.15) is 25.3 Å². The summed E-state index contributed by atoms with van der Waals surface area (Å²) < 4.78 is 5.60. The van der Waals surface area contributed by atoms with Gasteiger partial charge in [0, 0.05) is 5.69 Å². The molecule has 1 N–H and O–H groups in total. The number of thiocarbonyl (C=S) groups is 1. The van der Waals surface area contributed by atoms with E-state index < -0.39 is 0 Å². The third-order valence-electron chi connectivity index (χ3n) is 2.97. The molecule has 0 spiro atoms. The van der Waals surface area contributed by atoms with Crippen LogP contribution in [0, 0.1) is 0 Å². The molecule has 104 valence electrons. The maximum Gasteiger partial charge on any atom is 0.266 e. The summed E-state index contributed by atoms with van der Waals surface area (Å²) in [5, 5.41) is 3.41. The van der Waals surface area contributed by atoms with Crippen molar-refractivity contribution in [3.05, 3.63) is 60.2 Å². The van der Waals surface area contributed by atoms with Gasteiger partial charge in [0.2, 0.25) is 0 Å². The van der Waals surface area contributed by atoms with Gasteiger partial charge in [0.15, 0.2) is 0 Å². The number of unbranched alkanes of at least 4 members (excludes halogenated alkanes) is 1. The molecule has 2 rings (SSSR count). The Labute approximate surface area is 125 Å². The fraction of sp³-hybridized carbons (Fsp3) is 0.235. The largest absolute Gasteiger partial charge is 0.432 e. The molecule has 0 aliphatic heterocycles. The number of benzene rings is 2. The Bertz CT molecular complexity index is 537. The molecule has 0 radical (unpaired) electrons. The summed E-state index contributed by atoms with van der Waals surface area (Å²) in [5.41, 5.74) is 2.26. The van der Waals surface area contributed by atoms with Crippen molar-refractivity contribution in [2.75, 3.05) is 5.32 Å². The van der Waals surface area contributed by atoms with Crippen molar-refractivity contribution in [3.8, 4) is 5.75 Å². The summed E-state index contributed by atoms with van der Waals surface area (Å²) in [7, 11) is 0. The maximum absolute atomic E-state index is 5.60. The van der Waals surface area contributed by atoms with E-state index in [0.717, 1.165) is 17.9 Å². The quantitative estimate of drug-likeness (QED) is 0.797. The summed E-state index contributed by atoms with van der Waals surface area (Å²) in [6, 6.07) is 17.9. The lowest BCUT2D eigenvalue weighted by Crippen LogP contribution is -2.16. The Morgan fingerprint density at radius 1 is 1.05 bits per heavy atom. The molecule has 2 nitrogen and oxygen atoms in total.